The van der Waals surface area contributed by atoms with Crippen LogP contribution in [0.15, 0.2) is 33.9 Å². The summed E-state index contributed by atoms with van der Waals surface area (Å²) >= 11 is 1.42. The van der Waals surface area contributed by atoms with Crippen molar-refractivity contribution >= 4 is 23.4 Å². The Hall–Kier alpha value is -1.82. The minimum absolute atomic E-state index is 0.0337. The maximum atomic E-state index is 12.4. The molecule has 1 heterocycles. The van der Waals surface area contributed by atoms with Crippen molar-refractivity contribution in [3.63, 3.8) is 0 Å². The van der Waals surface area contributed by atoms with Gasteiger partial charge in [-0.2, -0.15) is 0 Å². The van der Waals surface area contributed by atoms with E-state index >= 15 is 0 Å². The SMILES string of the molecule is Cc1nnc(SCCC(=O)Nc2cccc(C34CC5CC(CC(C5)C3)C4)c2)o1. The highest BCUT2D eigenvalue weighted by Crippen LogP contribution is 2.60. The highest BCUT2D eigenvalue weighted by molar-refractivity contribution is 7.99. The molecule has 6 rings (SSSR count). The van der Waals surface area contributed by atoms with E-state index in [0.29, 0.717) is 28.7 Å². The van der Waals surface area contributed by atoms with Gasteiger partial charge in [-0.3, -0.25) is 4.79 Å². The summed E-state index contributed by atoms with van der Waals surface area (Å²) in [5.74, 6) is 3.99. The highest BCUT2D eigenvalue weighted by Gasteiger charge is 2.51. The molecule has 0 saturated heterocycles. The molecule has 1 N–H and O–H groups in total. The zero-order valence-electron chi connectivity index (χ0n) is 16.3. The van der Waals surface area contributed by atoms with Crippen molar-refractivity contribution in [2.45, 2.75) is 62.5 Å². The second-order valence-electron chi connectivity index (χ2n) is 9.01. The first kappa shape index (κ1) is 18.2. The maximum absolute atomic E-state index is 12.4. The van der Waals surface area contributed by atoms with Crippen LogP contribution in [0.25, 0.3) is 0 Å². The van der Waals surface area contributed by atoms with Crippen LogP contribution in [-0.2, 0) is 10.2 Å². The van der Waals surface area contributed by atoms with Crippen LogP contribution in [0, 0.1) is 24.7 Å². The van der Waals surface area contributed by atoms with Gasteiger partial charge in [-0.05, 0) is 79.4 Å². The number of nitrogens with one attached hydrogen (secondary N) is 1. The maximum Gasteiger partial charge on any atom is 0.276 e. The molecule has 6 heteroatoms. The molecule has 1 aromatic heterocycles. The van der Waals surface area contributed by atoms with E-state index in [1.165, 1.54) is 55.9 Å². The van der Waals surface area contributed by atoms with Crippen LogP contribution in [-0.4, -0.2) is 21.9 Å². The lowest BCUT2D eigenvalue weighted by Crippen LogP contribution is -2.48. The fraction of sp³-hybridized carbons (Fsp3) is 0.591. The fourth-order valence-corrected chi connectivity index (χ4v) is 6.92. The van der Waals surface area contributed by atoms with Gasteiger partial charge < -0.3 is 9.73 Å². The first-order chi connectivity index (χ1) is 13.6. The van der Waals surface area contributed by atoms with E-state index in [4.69, 9.17) is 4.42 Å². The second kappa shape index (κ2) is 7.21. The van der Waals surface area contributed by atoms with Crippen molar-refractivity contribution in [3.8, 4) is 0 Å². The lowest BCUT2D eigenvalue weighted by Gasteiger charge is -2.57. The molecule has 148 valence electrons. The molecule has 5 nitrogen and oxygen atoms in total. The molecule has 4 saturated carbocycles. The summed E-state index contributed by atoms with van der Waals surface area (Å²) in [5.41, 5.74) is 2.73. The van der Waals surface area contributed by atoms with E-state index < -0.39 is 0 Å². The monoisotopic (exact) mass is 397 g/mol. The Balaban J connectivity index is 1.22. The molecule has 0 unspecified atom stereocenters. The minimum atomic E-state index is 0.0337. The van der Waals surface area contributed by atoms with Crippen LogP contribution in [0.2, 0.25) is 0 Å². The van der Waals surface area contributed by atoms with Gasteiger partial charge in [0.05, 0.1) is 0 Å². The molecule has 4 aliphatic rings. The summed E-state index contributed by atoms with van der Waals surface area (Å²) in [6.45, 7) is 1.76. The number of amides is 1. The molecular weight excluding hydrogens is 370 g/mol. The molecular formula is C22H27N3O2S. The third-order valence-electron chi connectivity index (χ3n) is 6.86. The van der Waals surface area contributed by atoms with Gasteiger partial charge in [0.15, 0.2) is 0 Å². The molecule has 1 amide bonds. The zero-order valence-corrected chi connectivity index (χ0v) is 17.1. The molecule has 0 atom stereocenters. The third-order valence-corrected chi connectivity index (χ3v) is 7.68. The van der Waals surface area contributed by atoms with Gasteiger partial charge in [0.25, 0.3) is 5.22 Å². The number of carbonyl (C=O) groups is 1. The van der Waals surface area contributed by atoms with Gasteiger partial charge in [-0.25, -0.2) is 0 Å². The Labute approximate surface area is 170 Å². The predicted molar refractivity (Wildman–Crippen MR) is 109 cm³/mol. The van der Waals surface area contributed by atoms with Crippen molar-refractivity contribution in [1.29, 1.82) is 0 Å². The molecule has 4 bridgehead atoms. The smallest absolute Gasteiger partial charge is 0.276 e. The summed E-state index contributed by atoms with van der Waals surface area (Å²) in [5, 5.41) is 11.4. The van der Waals surface area contributed by atoms with Gasteiger partial charge in [-0.15, -0.1) is 10.2 Å². The van der Waals surface area contributed by atoms with E-state index in [2.05, 4.69) is 33.7 Å². The Morgan fingerprint density at radius 3 is 2.54 bits per heavy atom. The van der Waals surface area contributed by atoms with Crippen LogP contribution in [0.4, 0.5) is 5.69 Å². The van der Waals surface area contributed by atoms with Crippen LogP contribution in [0.3, 0.4) is 0 Å². The van der Waals surface area contributed by atoms with Gasteiger partial charge in [0.1, 0.15) is 0 Å². The van der Waals surface area contributed by atoms with Gasteiger partial charge >= 0.3 is 0 Å². The standard InChI is InChI=1S/C22H27N3O2S/c1-14-24-25-21(27-14)28-6-5-20(26)23-19-4-2-3-18(10-19)22-11-15-7-16(12-22)9-17(8-15)13-22/h2-4,10,15-17H,5-9,11-13H2,1H3,(H,23,26). The number of thioether (sulfide) groups is 1. The largest absolute Gasteiger partial charge is 0.416 e. The van der Waals surface area contributed by atoms with Crippen LogP contribution in [0.5, 0.6) is 0 Å². The molecule has 28 heavy (non-hydrogen) atoms. The number of aryl methyl sites for hydroxylation is 1. The number of hydrogen-bond acceptors (Lipinski definition) is 5. The average Bonchev–Trinajstić information content (AvgIpc) is 3.06. The summed E-state index contributed by atoms with van der Waals surface area (Å²) in [4.78, 5) is 12.4. The molecule has 1 aromatic carbocycles. The lowest BCUT2D eigenvalue weighted by atomic mass is 9.48. The normalized spacial score (nSPS) is 30.5. The van der Waals surface area contributed by atoms with Crippen molar-refractivity contribution in [2.24, 2.45) is 17.8 Å². The Bertz CT molecular complexity index is 843. The lowest BCUT2D eigenvalue weighted by molar-refractivity contribution is -0.115. The van der Waals surface area contributed by atoms with Gasteiger partial charge in [-0.1, -0.05) is 23.9 Å². The van der Waals surface area contributed by atoms with Crippen LogP contribution in [0.1, 0.15) is 56.4 Å². The van der Waals surface area contributed by atoms with E-state index in [1.807, 2.05) is 6.07 Å². The molecule has 0 spiro atoms. The summed E-state index contributed by atoms with van der Waals surface area (Å²) in [6, 6.07) is 8.64. The molecule has 0 radical (unpaired) electrons. The summed E-state index contributed by atoms with van der Waals surface area (Å²) in [7, 11) is 0. The number of aromatic nitrogens is 2. The topological polar surface area (TPSA) is 68.0 Å². The molecule has 4 fully saturated rings. The number of carbonyl (C=O) groups excluding carboxylic acids is 1. The Morgan fingerprint density at radius 1 is 1.18 bits per heavy atom. The van der Waals surface area contributed by atoms with Crippen molar-refractivity contribution in [2.75, 3.05) is 11.1 Å². The quantitative estimate of drug-likeness (QED) is 0.697. The Kier molecular flexibility index (Phi) is 4.69. The van der Waals surface area contributed by atoms with Crippen molar-refractivity contribution < 1.29 is 9.21 Å². The van der Waals surface area contributed by atoms with Crippen LogP contribution < -0.4 is 5.32 Å². The second-order valence-corrected chi connectivity index (χ2v) is 10.1. The average molecular weight is 398 g/mol. The molecule has 2 aromatic rings. The van der Waals surface area contributed by atoms with E-state index in [0.717, 1.165) is 23.4 Å². The van der Waals surface area contributed by atoms with E-state index in [-0.39, 0.29) is 5.91 Å². The minimum Gasteiger partial charge on any atom is -0.416 e. The first-order valence-electron chi connectivity index (χ1n) is 10.4. The van der Waals surface area contributed by atoms with E-state index in [9.17, 15) is 4.79 Å². The number of hydrogen-bond donors (Lipinski definition) is 1. The number of rotatable bonds is 6. The third kappa shape index (κ3) is 3.59. The molecule has 0 aliphatic heterocycles. The van der Waals surface area contributed by atoms with Crippen molar-refractivity contribution in [3.05, 3.63) is 35.7 Å². The van der Waals surface area contributed by atoms with E-state index in [1.54, 1.807) is 6.92 Å². The summed E-state index contributed by atoms with van der Waals surface area (Å²) < 4.78 is 5.33. The number of anilines is 1. The number of nitrogens with zero attached hydrogens (tertiary/aromatic N) is 2. The van der Waals surface area contributed by atoms with Crippen LogP contribution >= 0.6 is 11.8 Å². The van der Waals surface area contributed by atoms with Crippen molar-refractivity contribution in [1.82, 2.24) is 10.2 Å². The number of benzene rings is 1. The van der Waals surface area contributed by atoms with Gasteiger partial charge in [0, 0.05) is 24.8 Å². The zero-order chi connectivity index (χ0) is 19.1. The Morgan fingerprint density at radius 2 is 1.89 bits per heavy atom. The summed E-state index contributed by atoms with van der Waals surface area (Å²) in [6.07, 6.45) is 8.81. The van der Waals surface area contributed by atoms with Gasteiger partial charge in [0.2, 0.25) is 11.8 Å². The predicted octanol–water partition coefficient (Wildman–Crippen LogP) is 4.97. The fourth-order valence-electron chi connectivity index (χ4n) is 6.18. The molecule has 4 aliphatic carbocycles. The first-order valence-corrected chi connectivity index (χ1v) is 11.4. The highest BCUT2D eigenvalue weighted by atomic mass is 32.2.